The molecule has 2 heterocycles. The molecular weight excluding hydrogens is 370 g/mol. The van der Waals surface area contributed by atoms with Crippen molar-refractivity contribution in [1.82, 2.24) is 4.90 Å². The molecule has 0 radical (unpaired) electrons. The number of ether oxygens (including phenoxy) is 2. The second-order valence-electron chi connectivity index (χ2n) is 7.58. The molecule has 3 nitrogen and oxygen atoms in total. The number of nitrogens with zero attached hydrogens (tertiary/aromatic N) is 1. The molecule has 142 valence electrons. The van der Waals surface area contributed by atoms with Crippen LogP contribution in [0.5, 0.6) is 17.2 Å². The minimum Gasteiger partial charge on any atom is -0.497 e. The number of hydrogen-bond acceptors (Lipinski definition) is 3. The zero-order valence-corrected chi connectivity index (χ0v) is 16.5. The summed E-state index contributed by atoms with van der Waals surface area (Å²) in [5.41, 5.74) is 3.80. The van der Waals surface area contributed by atoms with E-state index in [0.717, 1.165) is 41.9 Å². The topological polar surface area (TPSA) is 21.7 Å². The Kier molecular flexibility index (Phi) is 4.50. The summed E-state index contributed by atoms with van der Waals surface area (Å²) in [4.78, 5) is 2.53. The summed E-state index contributed by atoms with van der Waals surface area (Å²) in [7, 11) is 1.70. The molecule has 0 N–H and O–H groups in total. The summed E-state index contributed by atoms with van der Waals surface area (Å²) in [5, 5.41) is 0.765. The van der Waals surface area contributed by atoms with Gasteiger partial charge in [-0.1, -0.05) is 41.9 Å². The Labute approximate surface area is 170 Å². The fourth-order valence-electron chi connectivity index (χ4n) is 4.53. The van der Waals surface area contributed by atoms with Crippen molar-refractivity contribution in [3.05, 3.63) is 88.4 Å². The molecule has 28 heavy (non-hydrogen) atoms. The van der Waals surface area contributed by atoms with E-state index in [4.69, 9.17) is 21.1 Å². The molecule has 1 fully saturated rings. The van der Waals surface area contributed by atoms with E-state index >= 15 is 0 Å². The van der Waals surface area contributed by atoms with Gasteiger partial charge < -0.3 is 9.47 Å². The van der Waals surface area contributed by atoms with E-state index in [9.17, 15) is 0 Å². The van der Waals surface area contributed by atoms with Crippen LogP contribution in [-0.2, 0) is 6.54 Å². The maximum atomic E-state index is 6.35. The fourth-order valence-corrected chi connectivity index (χ4v) is 4.71. The predicted molar refractivity (Wildman–Crippen MR) is 112 cm³/mol. The number of fused-ring (bicyclic) bond motifs is 5. The fraction of sp³-hybridized carbons (Fsp3) is 0.250. The van der Waals surface area contributed by atoms with Crippen LogP contribution < -0.4 is 9.47 Å². The zero-order chi connectivity index (χ0) is 19.1. The molecule has 5 rings (SSSR count). The lowest BCUT2D eigenvalue weighted by Gasteiger charge is -2.18. The van der Waals surface area contributed by atoms with Gasteiger partial charge in [-0.05, 0) is 47.5 Å². The lowest BCUT2D eigenvalue weighted by molar-refractivity contribution is 0.321. The molecule has 0 spiro atoms. The van der Waals surface area contributed by atoms with Crippen molar-refractivity contribution in [2.75, 3.05) is 20.2 Å². The zero-order valence-electron chi connectivity index (χ0n) is 15.8. The van der Waals surface area contributed by atoms with Gasteiger partial charge in [0, 0.05) is 42.1 Å². The van der Waals surface area contributed by atoms with E-state index in [0.29, 0.717) is 11.8 Å². The first-order valence-corrected chi connectivity index (χ1v) is 10.0. The predicted octanol–water partition coefficient (Wildman–Crippen LogP) is 5.84. The lowest BCUT2D eigenvalue weighted by Crippen LogP contribution is -2.20. The first-order valence-electron chi connectivity index (χ1n) is 9.63. The SMILES string of the molecule is COc1ccc(CN2CC3c4cc(Cl)ccc4Oc4ccccc4[C@H]3C2)cc1. The summed E-state index contributed by atoms with van der Waals surface area (Å²) in [5.74, 6) is 3.55. The monoisotopic (exact) mass is 391 g/mol. The third kappa shape index (κ3) is 3.15. The molecule has 2 atom stereocenters. The van der Waals surface area contributed by atoms with Crippen molar-refractivity contribution in [2.24, 2.45) is 0 Å². The maximum absolute atomic E-state index is 6.35. The molecule has 3 aromatic rings. The van der Waals surface area contributed by atoms with Crippen molar-refractivity contribution in [1.29, 1.82) is 0 Å². The maximum Gasteiger partial charge on any atom is 0.131 e. The van der Waals surface area contributed by atoms with E-state index in [1.54, 1.807) is 7.11 Å². The highest BCUT2D eigenvalue weighted by Gasteiger charge is 2.39. The van der Waals surface area contributed by atoms with Gasteiger partial charge in [-0.3, -0.25) is 4.90 Å². The van der Waals surface area contributed by atoms with Gasteiger partial charge in [0.15, 0.2) is 0 Å². The van der Waals surface area contributed by atoms with Gasteiger partial charge in [-0.25, -0.2) is 0 Å². The minimum atomic E-state index is 0.371. The van der Waals surface area contributed by atoms with Crippen molar-refractivity contribution in [3.63, 3.8) is 0 Å². The van der Waals surface area contributed by atoms with Crippen LogP contribution in [0, 0.1) is 0 Å². The van der Waals surface area contributed by atoms with Crippen LogP contribution in [-0.4, -0.2) is 25.1 Å². The minimum absolute atomic E-state index is 0.371. The summed E-state index contributed by atoms with van der Waals surface area (Å²) in [6.45, 7) is 2.92. The standard InChI is InChI=1S/C24H22ClNO2/c1-27-18-9-6-16(7-10-18)13-26-14-21-19-4-2-3-5-23(19)28-24-11-8-17(25)12-20(24)22(21)15-26/h2-12,21-22H,13-15H2,1H3/t21-,22?/m1/s1. The molecule has 0 aliphatic carbocycles. The molecule has 0 amide bonds. The third-order valence-corrected chi connectivity index (χ3v) is 6.11. The van der Waals surface area contributed by atoms with Gasteiger partial charge >= 0.3 is 0 Å². The number of para-hydroxylation sites is 1. The average molecular weight is 392 g/mol. The highest BCUT2D eigenvalue weighted by atomic mass is 35.5. The lowest BCUT2D eigenvalue weighted by atomic mass is 9.84. The largest absolute Gasteiger partial charge is 0.497 e. The number of hydrogen-bond donors (Lipinski definition) is 0. The second kappa shape index (κ2) is 7.16. The number of methoxy groups -OCH3 is 1. The summed E-state index contributed by atoms with van der Waals surface area (Å²) in [6.07, 6.45) is 0. The molecule has 1 saturated heterocycles. The normalized spacial score (nSPS) is 20.5. The van der Waals surface area contributed by atoms with Crippen molar-refractivity contribution < 1.29 is 9.47 Å². The first kappa shape index (κ1) is 17.6. The molecule has 0 saturated carbocycles. The van der Waals surface area contributed by atoms with E-state index < -0.39 is 0 Å². The van der Waals surface area contributed by atoms with Crippen LogP contribution in [0.25, 0.3) is 0 Å². The molecular formula is C24H22ClNO2. The van der Waals surface area contributed by atoms with Crippen LogP contribution >= 0.6 is 11.6 Å². The van der Waals surface area contributed by atoms with Crippen molar-refractivity contribution in [3.8, 4) is 17.2 Å². The third-order valence-electron chi connectivity index (χ3n) is 5.87. The molecule has 4 heteroatoms. The smallest absolute Gasteiger partial charge is 0.131 e. The Morgan fingerprint density at radius 3 is 2.43 bits per heavy atom. The average Bonchev–Trinajstić information content (AvgIpc) is 3.08. The van der Waals surface area contributed by atoms with Crippen molar-refractivity contribution >= 4 is 11.6 Å². The molecule has 3 aromatic carbocycles. The summed E-state index contributed by atoms with van der Waals surface area (Å²) < 4.78 is 11.6. The molecule has 2 aliphatic heterocycles. The van der Waals surface area contributed by atoms with Crippen LogP contribution in [0.1, 0.15) is 28.5 Å². The Bertz CT molecular complexity index is 1000. The quantitative estimate of drug-likeness (QED) is 0.560. The number of benzene rings is 3. The van der Waals surface area contributed by atoms with Crippen LogP contribution in [0.4, 0.5) is 0 Å². The van der Waals surface area contributed by atoms with Crippen LogP contribution in [0.3, 0.4) is 0 Å². The van der Waals surface area contributed by atoms with Gasteiger partial charge in [0.2, 0.25) is 0 Å². The Morgan fingerprint density at radius 1 is 0.929 bits per heavy atom. The van der Waals surface area contributed by atoms with Gasteiger partial charge in [-0.2, -0.15) is 0 Å². The van der Waals surface area contributed by atoms with Gasteiger partial charge in [0.25, 0.3) is 0 Å². The number of likely N-dealkylation sites (tertiary alicyclic amines) is 1. The van der Waals surface area contributed by atoms with Crippen molar-refractivity contribution in [2.45, 2.75) is 18.4 Å². The molecule has 1 unspecified atom stereocenters. The highest BCUT2D eigenvalue weighted by Crippen LogP contribution is 2.50. The first-order chi connectivity index (χ1) is 13.7. The molecule has 2 aliphatic rings. The molecule has 0 aromatic heterocycles. The van der Waals surface area contributed by atoms with Gasteiger partial charge in [0.05, 0.1) is 7.11 Å². The highest BCUT2D eigenvalue weighted by molar-refractivity contribution is 6.30. The van der Waals surface area contributed by atoms with E-state index in [1.807, 2.05) is 30.3 Å². The van der Waals surface area contributed by atoms with Gasteiger partial charge in [-0.15, -0.1) is 0 Å². The number of halogens is 1. The molecule has 0 bridgehead atoms. The summed E-state index contributed by atoms with van der Waals surface area (Å²) >= 11 is 6.35. The summed E-state index contributed by atoms with van der Waals surface area (Å²) in [6, 6.07) is 22.8. The van der Waals surface area contributed by atoms with Gasteiger partial charge in [0.1, 0.15) is 17.2 Å². The van der Waals surface area contributed by atoms with E-state index in [-0.39, 0.29) is 0 Å². The van der Waals surface area contributed by atoms with Crippen LogP contribution in [0.15, 0.2) is 66.7 Å². The number of rotatable bonds is 3. The Hall–Kier alpha value is -2.49. The Balaban J connectivity index is 1.49. The Morgan fingerprint density at radius 2 is 1.64 bits per heavy atom. The second-order valence-corrected chi connectivity index (χ2v) is 8.01. The van der Waals surface area contributed by atoms with E-state index in [2.05, 4.69) is 41.3 Å². The van der Waals surface area contributed by atoms with Crippen LogP contribution in [0.2, 0.25) is 5.02 Å². The van der Waals surface area contributed by atoms with E-state index in [1.165, 1.54) is 16.7 Å².